The fraction of sp³-hybridized carbons (Fsp3) is 0.125. The summed E-state index contributed by atoms with van der Waals surface area (Å²) in [5, 5.41) is 6.76. The molecule has 0 saturated heterocycles. The molecule has 0 bridgehead atoms. The van der Waals surface area contributed by atoms with Crippen molar-refractivity contribution in [3.05, 3.63) is 70.9 Å². The number of aromatic nitrogens is 2. The Labute approximate surface area is 127 Å². The van der Waals surface area contributed by atoms with Gasteiger partial charge in [0.05, 0.1) is 17.9 Å². The van der Waals surface area contributed by atoms with Crippen molar-refractivity contribution in [2.45, 2.75) is 13.0 Å². The molecule has 2 heterocycles. The smallest absolute Gasteiger partial charge is 0.252 e. The average molecular weight is 297 g/mol. The fourth-order valence-electron chi connectivity index (χ4n) is 2.10. The van der Waals surface area contributed by atoms with Crippen LogP contribution >= 0.6 is 11.3 Å². The van der Waals surface area contributed by atoms with Crippen LogP contribution in [0.25, 0.3) is 5.69 Å². The number of thiophene rings is 1. The van der Waals surface area contributed by atoms with Crippen LogP contribution in [0.5, 0.6) is 0 Å². The fourth-order valence-corrected chi connectivity index (χ4v) is 2.74. The van der Waals surface area contributed by atoms with Crippen molar-refractivity contribution in [2.75, 3.05) is 0 Å². The summed E-state index contributed by atoms with van der Waals surface area (Å²) in [6.07, 6.45) is 5.41. The number of benzene rings is 1. The quantitative estimate of drug-likeness (QED) is 0.802. The van der Waals surface area contributed by atoms with E-state index in [0.29, 0.717) is 5.56 Å². The molecule has 106 valence electrons. The first-order chi connectivity index (χ1) is 10.2. The monoisotopic (exact) mass is 297 g/mol. The lowest BCUT2D eigenvalue weighted by Crippen LogP contribution is -2.26. The SMILES string of the molecule is CC(NC(=O)c1ccsc1)c1ccc(-n2ccnc2)cc1. The van der Waals surface area contributed by atoms with Crippen molar-refractivity contribution in [3.63, 3.8) is 0 Å². The molecule has 1 aromatic carbocycles. The Hall–Kier alpha value is -2.40. The Morgan fingerprint density at radius 1 is 1.29 bits per heavy atom. The normalized spacial score (nSPS) is 12.0. The van der Waals surface area contributed by atoms with Crippen LogP contribution < -0.4 is 5.32 Å². The highest BCUT2D eigenvalue weighted by atomic mass is 32.1. The predicted molar refractivity (Wildman–Crippen MR) is 83.8 cm³/mol. The van der Waals surface area contributed by atoms with Gasteiger partial charge < -0.3 is 9.88 Å². The van der Waals surface area contributed by atoms with Crippen molar-refractivity contribution in [3.8, 4) is 5.69 Å². The molecule has 0 aliphatic carbocycles. The number of hydrogen-bond acceptors (Lipinski definition) is 3. The van der Waals surface area contributed by atoms with Crippen molar-refractivity contribution >= 4 is 17.2 Å². The third kappa shape index (κ3) is 3.03. The average Bonchev–Trinajstić information content (AvgIpc) is 3.20. The summed E-state index contributed by atoms with van der Waals surface area (Å²) in [6.45, 7) is 1.98. The van der Waals surface area contributed by atoms with Gasteiger partial charge in [0.2, 0.25) is 0 Å². The van der Waals surface area contributed by atoms with E-state index in [1.54, 1.807) is 12.5 Å². The van der Waals surface area contributed by atoms with E-state index < -0.39 is 0 Å². The van der Waals surface area contributed by atoms with Crippen molar-refractivity contribution in [1.82, 2.24) is 14.9 Å². The van der Waals surface area contributed by atoms with Crippen LogP contribution in [0.1, 0.15) is 28.9 Å². The maximum absolute atomic E-state index is 12.0. The lowest BCUT2D eigenvalue weighted by Gasteiger charge is -2.14. The van der Waals surface area contributed by atoms with Gasteiger partial charge in [0, 0.05) is 23.5 Å². The molecule has 5 heteroatoms. The Morgan fingerprint density at radius 2 is 2.10 bits per heavy atom. The number of carbonyl (C=O) groups excluding carboxylic acids is 1. The van der Waals surface area contributed by atoms with E-state index >= 15 is 0 Å². The molecule has 0 radical (unpaired) electrons. The standard InChI is InChI=1S/C16H15N3OS/c1-12(18-16(20)14-6-9-21-10-14)13-2-4-15(5-3-13)19-8-7-17-11-19/h2-12H,1H3,(H,18,20). The highest BCUT2D eigenvalue weighted by Gasteiger charge is 2.11. The minimum absolute atomic E-state index is 0.0331. The second kappa shape index (κ2) is 5.93. The zero-order valence-corrected chi connectivity index (χ0v) is 12.4. The van der Waals surface area contributed by atoms with Crippen LogP contribution in [-0.4, -0.2) is 15.5 Å². The molecule has 21 heavy (non-hydrogen) atoms. The van der Waals surface area contributed by atoms with E-state index in [0.717, 1.165) is 11.3 Å². The van der Waals surface area contributed by atoms with Gasteiger partial charge in [-0.2, -0.15) is 11.3 Å². The van der Waals surface area contributed by atoms with Gasteiger partial charge in [-0.3, -0.25) is 4.79 Å². The molecule has 4 nitrogen and oxygen atoms in total. The maximum Gasteiger partial charge on any atom is 0.252 e. The molecule has 3 aromatic rings. The summed E-state index contributed by atoms with van der Waals surface area (Å²) in [7, 11) is 0. The van der Waals surface area contributed by atoms with Crippen molar-refractivity contribution in [1.29, 1.82) is 0 Å². The number of nitrogens with zero attached hydrogens (tertiary/aromatic N) is 2. The molecule has 0 saturated carbocycles. The van der Waals surface area contributed by atoms with Crippen LogP contribution in [0.2, 0.25) is 0 Å². The summed E-state index contributed by atoms with van der Waals surface area (Å²) >= 11 is 1.52. The summed E-state index contributed by atoms with van der Waals surface area (Å²) < 4.78 is 1.94. The van der Waals surface area contributed by atoms with Gasteiger partial charge in [0.15, 0.2) is 0 Å². The zero-order chi connectivity index (χ0) is 14.7. The number of hydrogen-bond donors (Lipinski definition) is 1. The molecule has 0 aliphatic rings. The third-order valence-corrected chi connectivity index (χ3v) is 4.01. The first-order valence-corrected chi connectivity index (χ1v) is 7.59. The van der Waals surface area contributed by atoms with Crippen LogP contribution in [-0.2, 0) is 0 Å². The summed E-state index contributed by atoms with van der Waals surface area (Å²) in [6, 6.07) is 9.87. The van der Waals surface area contributed by atoms with E-state index in [9.17, 15) is 4.79 Å². The molecule has 3 rings (SSSR count). The Morgan fingerprint density at radius 3 is 2.71 bits per heavy atom. The Kier molecular flexibility index (Phi) is 3.83. The van der Waals surface area contributed by atoms with Crippen LogP contribution in [0.15, 0.2) is 59.8 Å². The highest BCUT2D eigenvalue weighted by molar-refractivity contribution is 7.08. The van der Waals surface area contributed by atoms with Crippen LogP contribution in [0.3, 0.4) is 0 Å². The molecule has 1 N–H and O–H groups in total. The molecule has 1 amide bonds. The van der Waals surface area contributed by atoms with E-state index in [-0.39, 0.29) is 11.9 Å². The lowest BCUT2D eigenvalue weighted by atomic mass is 10.1. The molecule has 0 aliphatic heterocycles. The first kappa shape index (κ1) is 13.6. The third-order valence-electron chi connectivity index (χ3n) is 3.33. The largest absolute Gasteiger partial charge is 0.345 e. The highest BCUT2D eigenvalue weighted by Crippen LogP contribution is 2.16. The second-order valence-corrected chi connectivity index (χ2v) is 5.55. The number of amides is 1. The van der Waals surface area contributed by atoms with Gasteiger partial charge in [0.1, 0.15) is 0 Å². The van der Waals surface area contributed by atoms with E-state index in [1.807, 2.05) is 58.8 Å². The van der Waals surface area contributed by atoms with E-state index in [1.165, 1.54) is 11.3 Å². The Balaban J connectivity index is 1.70. The van der Waals surface area contributed by atoms with Gasteiger partial charge >= 0.3 is 0 Å². The molecule has 0 fully saturated rings. The summed E-state index contributed by atoms with van der Waals surface area (Å²) in [5.41, 5.74) is 2.83. The second-order valence-electron chi connectivity index (χ2n) is 4.77. The number of carbonyl (C=O) groups is 1. The van der Waals surface area contributed by atoms with Gasteiger partial charge in [0.25, 0.3) is 5.91 Å². The molecule has 0 spiro atoms. The number of nitrogens with one attached hydrogen (secondary N) is 1. The molecular formula is C16H15N3OS. The first-order valence-electron chi connectivity index (χ1n) is 6.65. The minimum atomic E-state index is -0.0394. The Bertz CT molecular complexity index is 703. The number of imidazole rings is 1. The lowest BCUT2D eigenvalue weighted by molar-refractivity contribution is 0.0940. The topological polar surface area (TPSA) is 46.9 Å². The van der Waals surface area contributed by atoms with Gasteiger partial charge in [-0.25, -0.2) is 4.98 Å². The minimum Gasteiger partial charge on any atom is -0.345 e. The van der Waals surface area contributed by atoms with Gasteiger partial charge in [-0.1, -0.05) is 12.1 Å². The van der Waals surface area contributed by atoms with E-state index in [2.05, 4.69) is 10.3 Å². The van der Waals surface area contributed by atoms with Gasteiger partial charge in [-0.15, -0.1) is 0 Å². The van der Waals surface area contributed by atoms with Gasteiger partial charge in [-0.05, 0) is 36.1 Å². The maximum atomic E-state index is 12.0. The number of rotatable bonds is 4. The molecular weight excluding hydrogens is 282 g/mol. The van der Waals surface area contributed by atoms with E-state index in [4.69, 9.17) is 0 Å². The predicted octanol–water partition coefficient (Wildman–Crippen LogP) is 3.42. The zero-order valence-electron chi connectivity index (χ0n) is 11.6. The summed E-state index contributed by atoms with van der Waals surface area (Å²) in [5.74, 6) is -0.0394. The molecule has 2 aromatic heterocycles. The van der Waals surface area contributed by atoms with Crippen LogP contribution in [0, 0.1) is 0 Å². The molecule has 1 unspecified atom stereocenters. The molecule has 1 atom stereocenters. The summed E-state index contributed by atoms with van der Waals surface area (Å²) in [4.78, 5) is 16.1. The van der Waals surface area contributed by atoms with Crippen LogP contribution in [0.4, 0.5) is 0 Å². The van der Waals surface area contributed by atoms with Crippen molar-refractivity contribution < 1.29 is 4.79 Å². The van der Waals surface area contributed by atoms with Crippen molar-refractivity contribution in [2.24, 2.45) is 0 Å².